The zero-order chi connectivity index (χ0) is 23.5. The molecule has 180 valence electrons. The molecule has 32 heavy (non-hydrogen) atoms. The second-order valence-electron chi connectivity index (χ2n) is 8.19. The molecule has 0 saturated heterocycles. The van der Waals surface area contributed by atoms with E-state index in [1.165, 1.54) is 37.8 Å². The minimum atomic E-state index is -3.77. The molecule has 0 spiro atoms. The first kappa shape index (κ1) is 28.1. The van der Waals surface area contributed by atoms with Crippen molar-refractivity contribution in [2.75, 3.05) is 0 Å². The van der Waals surface area contributed by atoms with E-state index in [-0.39, 0.29) is 17.4 Å². The molecule has 0 aliphatic carbocycles. The quantitative estimate of drug-likeness (QED) is 0.205. The summed E-state index contributed by atoms with van der Waals surface area (Å²) in [4.78, 5) is 12.0. The van der Waals surface area contributed by atoms with Crippen LogP contribution in [0.3, 0.4) is 0 Å². The molecule has 0 saturated carbocycles. The molecule has 0 bridgehead atoms. The minimum Gasteiger partial charge on any atom is -0.389 e. The van der Waals surface area contributed by atoms with Gasteiger partial charge in [0.2, 0.25) is 5.91 Å². The summed E-state index contributed by atoms with van der Waals surface area (Å²) in [5, 5.41) is 9.74. The molecule has 0 aliphatic heterocycles. The third kappa shape index (κ3) is 14.2. The monoisotopic (exact) mass is 463 g/mol. The van der Waals surface area contributed by atoms with Crippen molar-refractivity contribution in [1.82, 2.24) is 4.72 Å². The van der Waals surface area contributed by atoms with E-state index >= 15 is 0 Å². The van der Waals surface area contributed by atoms with Crippen LogP contribution in [0.25, 0.3) is 0 Å². The van der Waals surface area contributed by atoms with Crippen LogP contribution in [0, 0.1) is 0 Å². The predicted molar refractivity (Wildman–Crippen MR) is 132 cm³/mol. The zero-order valence-electron chi connectivity index (χ0n) is 19.5. The van der Waals surface area contributed by atoms with Crippen LogP contribution in [0.15, 0.2) is 59.5 Å². The van der Waals surface area contributed by atoms with Crippen LogP contribution in [-0.2, 0) is 14.8 Å². The SMILES string of the molecule is CCCC[C@@H](O)C=CCCCCCCCC=CCCCC(=O)NS(=O)(=O)c1ccccc1. The fourth-order valence-electron chi connectivity index (χ4n) is 3.29. The number of benzene rings is 1. The van der Waals surface area contributed by atoms with Gasteiger partial charge in [-0.15, -0.1) is 0 Å². The summed E-state index contributed by atoms with van der Waals surface area (Å²) in [5.41, 5.74) is 0. The molecule has 1 atom stereocenters. The molecular weight excluding hydrogens is 422 g/mol. The average Bonchev–Trinajstić information content (AvgIpc) is 2.78. The summed E-state index contributed by atoms with van der Waals surface area (Å²) in [7, 11) is -3.77. The van der Waals surface area contributed by atoms with Gasteiger partial charge in [0.25, 0.3) is 10.0 Å². The Bertz CT molecular complexity index is 772. The molecule has 1 aromatic rings. The number of hydrogen-bond acceptors (Lipinski definition) is 4. The molecule has 1 rings (SSSR count). The highest BCUT2D eigenvalue weighted by molar-refractivity contribution is 7.90. The second-order valence-corrected chi connectivity index (χ2v) is 9.87. The number of aliphatic hydroxyl groups excluding tert-OH is 1. The number of sulfonamides is 1. The van der Waals surface area contributed by atoms with Gasteiger partial charge in [0.15, 0.2) is 0 Å². The summed E-state index contributed by atoms with van der Waals surface area (Å²) in [5.74, 6) is -0.465. The molecule has 0 unspecified atom stereocenters. The molecule has 0 heterocycles. The van der Waals surface area contributed by atoms with Crippen molar-refractivity contribution in [3.63, 3.8) is 0 Å². The Hall–Kier alpha value is -1.92. The van der Waals surface area contributed by atoms with Gasteiger partial charge in [-0.25, -0.2) is 13.1 Å². The van der Waals surface area contributed by atoms with Gasteiger partial charge in [-0.3, -0.25) is 4.79 Å². The fourth-order valence-corrected chi connectivity index (χ4v) is 4.33. The Morgan fingerprint density at radius 1 is 0.906 bits per heavy atom. The predicted octanol–water partition coefficient (Wildman–Crippen LogP) is 6.06. The first-order valence-electron chi connectivity index (χ1n) is 12.1. The normalized spacial score (nSPS) is 13.1. The van der Waals surface area contributed by atoms with E-state index in [0.717, 1.165) is 44.9 Å². The summed E-state index contributed by atoms with van der Waals surface area (Å²) in [6.07, 6.45) is 20.8. The Labute approximate surface area is 195 Å². The van der Waals surface area contributed by atoms with Crippen molar-refractivity contribution in [2.45, 2.75) is 101 Å². The smallest absolute Gasteiger partial charge is 0.264 e. The van der Waals surface area contributed by atoms with Crippen molar-refractivity contribution >= 4 is 15.9 Å². The van der Waals surface area contributed by atoms with E-state index in [0.29, 0.717) is 6.42 Å². The highest BCUT2D eigenvalue weighted by Crippen LogP contribution is 2.10. The standard InChI is InChI=1S/C26H41NO4S/c1-2-3-19-24(28)20-15-12-10-8-6-4-5-7-9-11-13-18-23-26(29)27-32(30,31)25-21-16-14-17-22-25/h9,11,14-17,20-22,24,28H,2-8,10,12-13,18-19,23H2,1H3,(H,27,29)/t24-/m1/s1. The lowest BCUT2D eigenvalue weighted by Crippen LogP contribution is -2.30. The maximum Gasteiger partial charge on any atom is 0.264 e. The topological polar surface area (TPSA) is 83.5 Å². The van der Waals surface area contributed by atoms with Crippen LogP contribution in [0.4, 0.5) is 0 Å². The van der Waals surface area contributed by atoms with E-state index < -0.39 is 15.9 Å². The zero-order valence-corrected chi connectivity index (χ0v) is 20.4. The molecule has 2 N–H and O–H groups in total. The molecule has 5 nitrogen and oxygen atoms in total. The Kier molecular flexibility index (Phi) is 15.5. The number of unbranched alkanes of at least 4 members (excludes halogenated alkanes) is 8. The maximum atomic E-state index is 12.1. The van der Waals surface area contributed by atoms with E-state index in [1.54, 1.807) is 18.2 Å². The fraction of sp³-hybridized carbons (Fsp3) is 0.577. The largest absolute Gasteiger partial charge is 0.389 e. The molecular formula is C26H41NO4S. The lowest BCUT2D eigenvalue weighted by Gasteiger charge is -2.06. The molecule has 6 heteroatoms. The third-order valence-electron chi connectivity index (χ3n) is 5.20. The Morgan fingerprint density at radius 2 is 1.50 bits per heavy atom. The number of rotatable bonds is 18. The van der Waals surface area contributed by atoms with Crippen LogP contribution < -0.4 is 4.72 Å². The number of amides is 1. The van der Waals surface area contributed by atoms with Crippen molar-refractivity contribution in [3.05, 3.63) is 54.6 Å². The van der Waals surface area contributed by atoms with E-state index in [9.17, 15) is 18.3 Å². The highest BCUT2D eigenvalue weighted by Gasteiger charge is 2.16. The van der Waals surface area contributed by atoms with Gasteiger partial charge in [0.05, 0.1) is 11.0 Å². The second kappa shape index (κ2) is 17.6. The molecule has 1 amide bonds. The van der Waals surface area contributed by atoms with Gasteiger partial charge < -0.3 is 5.11 Å². The number of aliphatic hydroxyl groups is 1. The molecule has 0 fully saturated rings. The summed E-state index contributed by atoms with van der Waals surface area (Å²) in [6.45, 7) is 2.14. The van der Waals surface area contributed by atoms with Gasteiger partial charge in [-0.1, -0.05) is 81.5 Å². The first-order chi connectivity index (χ1) is 15.5. The van der Waals surface area contributed by atoms with E-state index in [2.05, 4.69) is 29.9 Å². The lowest BCUT2D eigenvalue weighted by molar-refractivity contribution is -0.119. The van der Waals surface area contributed by atoms with Crippen molar-refractivity contribution in [3.8, 4) is 0 Å². The number of hydrogen-bond donors (Lipinski definition) is 2. The van der Waals surface area contributed by atoms with Crippen LogP contribution >= 0.6 is 0 Å². The van der Waals surface area contributed by atoms with Crippen LogP contribution in [0.2, 0.25) is 0 Å². The molecule has 0 aliphatic rings. The van der Waals surface area contributed by atoms with E-state index in [4.69, 9.17) is 0 Å². The average molecular weight is 464 g/mol. The van der Waals surface area contributed by atoms with Crippen molar-refractivity contribution < 1.29 is 18.3 Å². The maximum absolute atomic E-state index is 12.1. The summed E-state index contributed by atoms with van der Waals surface area (Å²) in [6, 6.07) is 7.93. The van der Waals surface area contributed by atoms with Crippen LogP contribution in [-0.4, -0.2) is 25.5 Å². The van der Waals surface area contributed by atoms with Gasteiger partial charge in [-0.2, -0.15) is 0 Å². The highest BCUT2D eigenvalue weighted by atomic mass is 32.2. The number of allylic oxidation sites excluding steroid dienone is 3. The molecule has 0 aromatic heterocycles. The number of carbonyl (C=O) groups excluding carboxylic acids is 1. The number of carbonyl (C=O) groups is 1. The summed E-state index contributed by atoms with van der Waals surface area (Å²) >= 11 is 0. The minimum absolute atomic E-state index is 0.103. The molecule has 1 aromatic carbocycles. The van der Waals surface area contributed by atoms with Gasteiger partial charge >= 0.3 is 0 Å². The van der Waals surface area contributed by atoms with Crippen LogP contribution in [0.1, 0.15) is 90.4 Å². The lowest BCUT2D eigenvalue weighted by atomic mass is 10.1. The van der Waals surface area contributed by atoms with Gasteiger partial charge in [0, 0.05) is 6.42 Å². The number of nitrogens with one attached hydrogen (secondary N) is 1. The van der Waals surface area contributed by atoms with Crippen LogP contribution in [0.5, 0.6) is 0 Å². The molecule has 0 radical (unpaired) electrons. The summed E-state index contributed by atoms with van der Waals surface area (Å²) < 4.78 is 26.3. The van der Waals surface area contributed by atoms with Crippen molar-refractivity contribution in [1.29, 1.82) is 0 Å². The van der Waals surface area contributed by atoms with Gasteiger partial charge in [0.1, 0.15) is 0 Å². The first-order valence-corrected chi connectivity index (χ1v) is 13.5. The Morgan fingerprint density at radius 3 is 2.16 bits per heavy atom. The Balaban J connectivity index is 1.98. The van der Waals surface area contributed by atoms with Gasteiger partial charge in [-0.05, 0) is 57.1 Å². The van der Waals surface area contributed by atoms with E-state index in [1.807, 2.05) is 6.08 Å². The van der Waals surface area contributed by atoms with Crippen molar-refractivity contribution in [2.24, 2.45) is 0 Å². The third-order valence-corrected chi connectivity index (χ3v) is 6.59.